The Hall–Kier alpha value is -1.13. The van der Waals surface area contributed by atoms with Crippen LogP contribution < -0.4 is 0 Å². The smallest absolute Gasteiger partial charge is 0.330 e. The lowest BCUT2D eigenvalue weighted by atomic mass is 10.00. The summed E-state index contributed by atoms with van der Waals surface area (Å²) in [5, 5.41) is 0. The molecule has 0 N–H and O–H groups in total. The normalized spacial score (nSPS) is 22.2. The molecule has 10 heteroatoms. The van der Waals surface area contributed by atoms with Gasteiger partial charge in [-0.15, -0.1) is 0 Å². The van der Waals surface area contributed by atoms with Gasteiger partial charge in [-0.1, -0.05) is 22.0 Å². The molecule has 1 atom stereocenters. The van der Waals surface area contributed by atoms with Gasteiger partial charge in [-0.25, -0.2) is 8.42 Å². The van der Waals surface area contributed by atoms with Crippen molar-refractivity contribution in [3.63, 3.8) is 0 Å². The van der Waals surface area contributed by atoms with Gasteiger partial charge in [0, 0.05) is 19.6 Å². The van der Waals surface area contributed by atoms with E-state index in [2.05, 4.69) is 15.9 Å². The predicted molar refractivity (Wildman–Crippen MR) is 92.1 cm³/mol. The molecule has 1 aromatic carbocycles. The van der Waals surface area contributed by atoms with Gasteiger partial charge in [0.2, 0.25) is 10.0 Å². The molecule has 1 unspecified atom stereocenters. The Bertz CT molecular complexity index is 813. The van der Waals surface area contributed by atoms with Gasteiger partial charge < -0.3 is 4.90 Å². The molecule has 1 aromatic rings. The number of sulfonamides is 1. The average molecular weight is 455 g/mol. The Morgan fingerprint density at radius 1 is 1.15 bits per heavy atom. The number of benzene rings is 1. The van der Waals surface area contributed by atoms with Gasteiger partial charge in [0.05, 0.1) is 9.85 Å². The molecule has 0 bridgehead atoms. The zero-order valence-corrected chi connectivity index (χ0v) is 16.2. The van der Waals surface area contributed by atoms with Crippen molar-refractivity contribution in [1.82, 2.24) is 9.21 Å². The van der Waals surface area contributed by atoms with Crippen LogP contribution in [0.2, 0.25) is 0 Å². The highest BCUT2D eigenvalue weighted by Gasteiger charge is 2.43. The second-order valence-corrected chi connectivity index (χ2v) is 9.40. The molecule has 144 valence electrons. The summed E-state index contributed by atoms with van der Waals surface area (Å²) in [4.78, 5) is 11.9. The van der Waals surface area contributed by atoms with Crippen molar-refractivity contribution in [2.75, 3.05) is 13.1 Å². The van der Waals surface area contributed by atoms with Crippen LogP contribution in [0.3, 0.4) is 0 Å². The van der Waals surface area contributed by atoms with Crippen LogP contribution in [-0.4, -0.2) is 47.7 Å². The summed E-state index contributed by atoms with van der Waals surface area (Å²) < 4.78 is 65.2. The van der Waals surface area contributed by atoms with Crippen molar-refractivity contribution in [3.8, 4) is 0 Å². The first-order valence-electron chi connectivity index (χ1n) is 8.24. The zero-order valence-electron chi connectivity index (χ0n) is 13.8. The molecule has 2 aliphatic rings. The summed E-state index contributed by atoms with van der Waals surface area (Å²) in [5.74, 6) is -1.90. The fraction of sp³-hybridized carbons (Fsp3) is 0.562. The monoisotopic (exact) mass is 454 g/mol. The van der Waals surface area contributed by atoms with Crippen LogP contribution in [0.25, 0.3) is 0 Å². The maximum absolute atomic E-state index is 12.9. The molecule has 3 rings (SSSR count). The number of carbonyl (C=O) groups is 1. The summed E-state index contributed by atoms with van der Waals surface area (Å²) in [6, 6.07) is 4.52. The van der Waals surface area contributed by atoms with Gasteiger partial charge in [0.25, 0.3) is 0 Å². The lowest BCUT2D eigenvalue weighted by Gasteiger charge is -2.32. The number of amides is 1. The molecular formula is C16H18BrF3N2O3S. The van der Waals surface area contributed by atoms with E-state index in [-0.39, 0.29) is 29.4 Å². The highest BCUT2D eigenvalue weighted by atomic mass is 79.9. The topological polar surface area (TPSA) is 57.7 Å². The number of carbonyl (C=O) groups excluding carboxylic acids is 1. The van der Waals surface area contributed by atoms with Gasteiger partial charge in [0.1, 0.15) is 0 Å². The van der Waals surface area contributed by atoms with Gasteiger partial charge in [-0.3, -0.25) is 4.79 Å². The predicted octanol–water partition coefficient (Wildman–Crippen LogP) is 3.03. The minimum Gasteiger partial charge on any atom is -0.330 e. The molecule has 0 radical (unpaired) electrons. The van der Waals surface area contributed by atoms with Crippen LogP contribution in [0, 0.1) is 0 Å². The number of piperidine rings is 1. The van der Waals surface area contributed by atoms with E-state index in [0.717, 1.165) is 18.4 Å². The first-order valence-corrected chi connectivity index (χ1v) is 10.6. The van der Waals surface area contributed by atoms with E-state index in [1.54, 1.807) is 6.07 Å². The minimum atomic E-state index is -4.93. The highest BCUT2D eigenvalue weighted by Crippen LogP contribution is 2.31. The average Bonchev–Trinajstić information content (AvgIpc) is 2.59. The lowest BCUT2D eigenvalue weighted by molar-refractivity contribution is -0.186. The largest absolute Gasteiger partial charge is 0.471 e. The highest BCUT2D eigenvalue weighted by molar-refractivity contribution is 9.09. The summed E-state index contributed by atoms with van der Waals surface area (Å²) in [5.41, 5.74) is 1.21. The number of hydrogen-bond donors (Lipinski definition) is 0. The number of alkyl halides is 4. The number of nitrogens with zero attached hydrogens (tertiary/aromatic N) is 2. The standard InChI is InChI=1S/C16H18BrF3N2O3S/c17-14-3-1-2-7-22(14)26(24,25)13-5-4-11-6-8-21(10-12(11)9-13)15(23)16(18,19)20/h4-5,9,14H,1-3,6-8,10H2. The van der Waals surface area contributed by atoms with E-state index >= 15 is 0 Å². The van der Waals surface area contributed by atoms with Crippen molar-refractivity contribution in [2.24, 2.45) is 0 Å². The molecule has 26 heavy (non-hydrogen) atoms. The summed E-state index contributed by atoms with van der Waals surface area (Å²) in [7, 11) is -3.75. The van der Waals surface area contributed by atoms with Gasteiger partial charge in [0.15, 0.2) is 0 Å². The van der Waals surface area contributed by atoms with Crippen molar-refractivity contribution in [2.45, 2.75) is 48.3 Å². The van der Waals surface area contributed by atoms with E-state index in [0.29, 0.717) is 23.4 Å². The van der Waals surface area contributed by atoms with Crippen molar-refractivity contribution in [3.05, 3.63) is 29.3 Å². The molecule has 5 nitrogen and oxygen atoms in total. The quantitative estimate of drug-likeness (QED) is 0.509. The van der Waals surface area contributed by atoms with Crippen molar-refractivity contribution in [1.29, 1.82) is 0 Å². The van der Waals surface area contributed by atoms with E-state index < -0.39 is 22.1 Å². The Balaban J connectivity index is 1.88. The molecule has 1 saturated heterocycles. The SMILES string of the molecule is O=C(N1CCc2ccc(S(=O)(=O)N3CCCCC3Br)cc2C1)C(F)(F)F. The molecule has 1 amide bonds. The molecule has 2 aliphatic heterocycles. The van der Waals surface area contributed by atoms with E-state index in [4.69, 9.17) is 0 Å². The molecule has 1 fully saturated rings. The Morgan fingerprint density at radius 2 is 1.88 bits per heavy atom. The Morgan fingerprint density at radius 3 is 2.54 bits per heavy atom. The number of halogens is 4. The van der Waals surface area contributed by atoms with Gasteiger partial charge in [-0.05, 0) is 48.9 Å². The fourth-order valence-electron chi connectivity index (χ4n) is 3.32. The van der Waals surface area contributed by atoms with Gasteiger partial charge >= 0.3 is 12.1 Å². The van der Waals surface area contributed by atoms with Crippen molar-refractivity contribution < 1.29 is 26.4 Å². The second-order valence-electron chi connectivity index (χ2n) is 6.45. The van der Waals surface area contributed by atoms with E-state index in [9.17, 15) is 26.4 Å². The maximum Gasteiger partial charge on any atom is 0.471 e. The maximum atomic E-state index is 12.9. The molecule has 0 aromatic heterocycles. The Labute approximate surface area is 158 Å². The van der Waals surface area contributed by atoms with E-state index in [1.165, 1.54) is 16.4 Å². The number of hydrogen-bond acceptors (Lipinski definition) is 3. The zero-order chi connectivity index (χ0) is 19.1. The molecular weight excluding hydrogens is 437 g/mol. The van der Waals surface area contributed by atoms with E-state index in [1.807, 2.05) is 0 Å². The lowest BCUT2D eigenvalue weighted by Crippen LogP contribution is -2.44. The van der Waals surface area contributed by atoms with Crippen LogP contribution in [-0.2, 0) is 27.8 Å². The minimum absolute atomic E-state index is 0.0347. The first kappa shape index (κ1) is 19.6. The molecule has 0 spiro atoms. The third kappa shape index (κ3) is 3.77. The number of fused-ring (bicyclic) bond motifs is 1. The third-order valence-corrected chi connectivity index (χ3v) is 7.84. The summed E-state index contributed by atoms with van der Waals surface area (Å²) in [6.07, 6.45) is -2.26. The fourth-order valence-corrected chi connectivity index (χ4v) is 6.08. The van der Waals surface area contributed by atoms with Crippen LogP contribution in [0.5, 0.6) is 0 Å². The number of rotatable bonds is 2. The van der Waals surface area contributed by atoms with Crippen molar-refractivity contribution >= 4 is 31.9 Å². The molecule has 0 saturated carbocycles. The summed E-state index contributed by atoms with van der Waals surface area (Å²) >= 11 is 3.38. The second kappa shape index (κ2) is 7.12. The molecule has 2 heterocycles. The first-order chi connectivity index (χ1) is 12.1. The van der Waals surface area contributed by atoms with Crippen LogP contribution in [0.4, 0.5) is 13.2 Å². The van der Waals surface area contributed by atoms with Crippen LogP contribution in [0.15, 0.2) is 23.1 Å². The van der Waals surface area contributed by atoms with Gasteiger partial charge in [-0.2, -0.15) is 17.5 Å². The third-order valence-electron chi connectivity index (χ3n) is 4.71. The Kier molecular flexibility index (Phi) is 5.38. The summed E-state index contributed by atoms with van der Waals surface area (Å²) in [6.45, 7) is 0.121. The van der Waals surface area contributed by atoms with Crippen LogP contribution >= 0.6 is 15.9 Å². The molecule has 0 aliphatic carbocycles. The van der Waals surface area contributed by atoms with Crippen LogP contribution in [0.1, 0.15) is 30.4 Å².